The third kappa shape index (κ3) is 4.83. The molecule has 1 aliphatic heterocycles. The van der Waals surface area contributed by atoms with E-state index in [0.717, 1.165) is 24.9 Å². The normalized spacial score (nSPS) is 21.9. The van der Waals surface area contributed by atoms with Gasteiger partial charge in [0.1, 0.15) is 0 Å². The van der Waals surface area contributed by atoms with Crippen LogP contribution in [-0.4, -0.2) is 45.2 Å². The minimum absolute atomic E-state index is 0.00710. The molecule has 6 nitrogen and oxygen atoms in total. The number of hydrogen-bond donors (Lipinski definition) is 3. The number of nitrogens with one attached hydrogen (secondary N) is 3. The molecule has 0 saturated carbocycles. The first-order chi connectivity index (χ1) is 12.7. The number of hydrogen-bond acceptors (Lipinski definition) is 4. The highest BCUT2D eigenvalue weighted by Gasteiger charge is 2.31. The summed E-state index contributed by atoms with van der Waals surface area (Å²) in [6.07, 6.45) is 4.80. The third-order valence-corrected chi connectivity index (χ3v) is 5.28. The molecule has 3 N–H and O–H groups in total. The Kier molecular flexibility index (Phi) is 6.63. The first-order valence-corrected chi connectivity index (χ1v) is 9.57. The Bertz CT molecular complexity index is 647. The molecule has 1 aromatic rings. The van der Waals surface area contributed by atoms with Gasteiger partial charge in [-0.25, -0.2) is 0 Å². The Morgan fingerprint density at radius 2 is 1.92 bits per heavy atom. The van der Waals surface area contributed by atoms with Crippen LogP contribution in [0.5, 0.6) is 0 Å². The van der Waals surface area contributed by atoms with Gasteiger partial charge in [0.2, 0.25) is 11.8 Å². The molecule has 0 spiro atoms. The van der Waals surface area contributed by atoms with Crippen molar-refractivity contribution >= 4 is 17.5 Å². The first-order valence-electron chi connectivity index (χ1n) is 9.57. The quantitative estimate of drug-likeness (QED) is 0.645. The largest absolute Gasteiger partial charge is 0.385 e. The van der Waals surface area contributed by atoms with E-state index >= 15 is 0 Å². The van der Waals surface area contributed by atoms with Crippen molar-refractivity contribution in [2.45, 2.75) is 32.1 Å². The predicted molar refractivity (Wildman–Crippen MR) is 101 cm³/mol. The van der Waals surface area contributed by atoms with Gasteiger partial charge < -0.3 is 20.7 Å². The number of ether oxygens (including phenoxy) is 1. The maximum atomic E-state index is 12.6. The van der Waals surface area contributed by atoms with Crippen molar-refractivity contribution in [3.05, 3.63) is 29.3 Å². The summed E-state index contributed by atoms with van der Waals surface area (Å²) in [6, 6.07) is 6.20. The molecule has 142 valence electrons. The zero-order chi connectivity index (χ0) is 18.4. The highest BCUT2D eigenvalue weighted by molar-refractivity contribution is 5.93. The molecule has 0 aromatic heterocycles. The van der Waals surface area contributed by atoms with Gasteiger partial charge in [-0.1, -0.05) is 6.07 Å². The fourth-order valence-electron chi connectivity index (χ4n) is 3.81. The molecule has 1 heterocycles. The number of carbonyl (C=O) groups is 2. The lowest BCUT2D eigenvalue weighted by Gasteiger charge is -2.28. The monoisotopic (exact) mass is 359 g/mol. The van der Waals surface area contributed by atoms with Crippen LogP contribution >= 0.6 is 0 Å². The maximum Gasteiger partial charge on any atom is 0.228 e. The van der Waals surface area contributed by atoms with E-state index in [9.17, 15) is 9.59 Å². The van der Waals surface area contributed by atoms with Gasteiger partial charge in [0.25, 0.3) is 0 Å². The number of methoxy groups -OCH3 is 1. The molecule has 1 aromatic carbocycles. The second kappa shape index (κ2) is 9.14. The number of amides is 2. The van der Waals surface area contributed by atoms with Gasteiger partial charge in [0.15, 0.2) is 0 Å². The minimum atomic E-state index is -0.188. The van der Waals surface area contributed by atoms with Gasteiger partial charge in [0, 0.05) is 39.0 Å². The van der Waals surface area contributed by atoms with Crippen LogP contribution in [0, 0.1) is 11.8 Å². The van der Waals surface area contributed by atoms with E-state index in [0.29, 0.717) is 32.7 Å². The molecular weight excluding hydrogens is 330 g/mol. The van der Waals surface area contributed by atoms with Crippen LogP contribution in [0.3, 0.4) is 0 Å². The second-order valence-electron chi connectivity index (χ2n) is 7.25. The number of fused-ring (bicyclic) bond motifs is 1. The second-order valence-corrected chi connectivity index (χ2v) is 7.25. The van der Waals surface area contributed by atoms with Crippen molar-refractivity contribution in [3.63, 3.8) is 0 Å². The summed E-state index contributed by atoms with van der Waals surface area (Å²) in [5.41, 5.74) is 3.60. The van der Waals surface area contributed by atoms with Crippen LogP contribution in [0.1, 0.15) is 30.4 Å². The molecule has 1 aliphatic carbocycles. The van der Waals surface area contributed by atoms with Gasteiger partial charge in [-0.15, -0.1) is 0 Å². The lowest BCUT2D eigenvalue weighted by atomic mass is 9.89. The number of carbonyl (C=O) groups excluding carboxylic acids is 2. The predicted octanol–water partition coefficient (Wildman–Crippen LogP) is 1.49. The summed E-state index contributed by atoms with van der Waals surface area (Å²) in [5.74, 6) is -0.343. The summed E-state index contributed by atoms with van der Waals surface area (Å²) in [4.78, 5) is 24.9. The Hall–Kier alpha value is -1.92. The summed E-state index contributed by atoms with van der Waals surface area (Å²) < 4.78 is 4.99. The highest BCUT2D eigenvalue weighted by Crippen LogP contribution is 2.26. The van der Waals surface area contributed by atoms with Crippen molar-refractivity contribution in [1.29, 1.82) is 0 Å². The third-order valence-electron chi connectivity index (χ3n) is 5.28. The maximum absolute atomic E-state index is 12.6. The van der Waals surface area contributed by atoms with Crippen LogP contribution in [0.15, 0.2) is 18.2 Å². The molecule has 1 fully saturated rings. The van der Waals surface area contributed by atoms with Crippen molar-refractivity contribution in [2.75, 3.05) is 38.7 Å². The molecule has 0 unspecified atom stereocenters. The molecule has 6 heteroatoms. The number of benzene rings is 1. The van der Waals surface area contributed by atoms with Crippen molar-refractivity contribution in [1.82, 2.24) is 10.6 Å². The summed E-state index contributed by atoms with van der Waals surface area (Å²) in [6.45, 7) is 2.48. The standard InChI is InChI=1S/C20H29N3O3/c1-26-9-3-8-22-19(24)16-10-17(13-21-12-16)20(25)23-18-7-6-14-4-2-5-15(14)11-18/h6-7,11,16-17,21H,2-5,8-10,12-13H2,1H3,(H,22,24)(H,23,25)/t16-,17+/m0/s1. The van der Waals surface area contributed by atoms with Crippen molar-refractivity contribution in [3.8, 4) is 0 Å². The van der Waals surface area contributed by atoms with Gasteiger partial charge in [-0.2, -0.15) is 0 Å². The number of piperidine rings is 1. The van der Waals surface area contributed by atoms with Crippen LogP contribution in [0.4, 0.5) is 5.69 Å². The van der Waals surface area contributed by atoms with Crippen LogP contribution in [0.25, 0.3) is 0 Å². The van der Waals surface area contributed by atoms with E-state index in [4.69, 9.17) is 4.74 Å². The Morgan fingerprint density at radius 3 is 2.73 bits per heavy atom. The van der Waals surface area contributed by atoms with Crippen LogP contribution in [-0.2, 0) is 27.2 Å². The Balaban J connectivity index is 1.50. The first kappa shape index (κ1) is 18.9. The molecule has 1 saturated heterocycles. The average Bonchev–Trinajstić information content (AvgIpc) is 3.13. The number of aryl methyl sites for hydroxylation is 2. The average molecular weight is 359 g/mol. The fraction of sp³-hybridized carbons (Fsp3) is 0.600. The van der Waals surface area contributed by atoms with E-state index in [1.165, 1.54) is 17.5 Å². The van der Waals surface area contributed by atoms with Gasteiger partial charge in [-0.3, -0.25) is 9.59 Å². The summed E-state index contributed by atoms with van der Waals surface area (Å²) >= 11 is 0. The smallest absolute Gasteiger partial charge is 0.228 e. The van der Waals surface area contributed by atoms with E-state index in [1.54, 1.807) is 7.11 Å². The van der Waals surface area contributed by atoms with Crippen LogP contribution in [0.2, 0.25) is 0 Å². The van der Waals surface area contributed by atoms with E-state index in [2.05, 4.69) is 28.1 Å². The van der Waals surface area contributed by atoms with Gasteiger partial charge in [-0.05, 0) is 55.4 Å². The summed E-state index contributed by atoms with van der Waals surface area (Å²) in [7, 11) is 1.65. The highest BCUT2D eigenvalue weighted by atomic mass is 16.5. The molecular formula is C20H29N3O3. The Labute approximate surface area is 155 Å². The lowest BCUT2D eigenvalue weighted by molar-refractivity contribution is -0.127. The van der Waals surface area contributed by atoms with E-state index in [-0.39, 0.29) is 23.7 Å². The number of rotatable bonds is 7. The molecule has 2 aliphatic rings. The van der Waals surface area contributed by atoms with Gasteiger partial charge >= 0.3 is 0 Å². The SMILES string of the molecule is COCCCNC(=O)[C@@H]1CNC[C@H](C(=O)Nc2ccc3c(c2)CCC3)C1. The molecule has 3 rings (SSSR count). The zero-order valence-electron chi connectivity index (χ0n) is 15.5. The lowest BCUT2D eigenvalue weighted by Crippen LogP contribution is -2.47. The van der Waals surface area contributed by atoms with Gasteiger partial charge in [0.05, 0.1) is 11.8 Å². The van der Waals surface area contributed by atoms with Crippen molar-refractivity contribution < 1.29 is 14.3 Å². The topological polar surface area (TPSA) is 79.5 Å². The molecule has 0 bridgehead atoms. The number of anilines is 1. The van der Waals surface area contributed by atoms with E-state index < -0.39 is 0 Å². The molecule has 2 atom stereocenters. The van der Waals surface area contributed by atoms with Crippen molar-refractivity contribution in [2.24, 2.45) is 11.8 Å². The minimum Gasteiger partial charge on any atom is -0.385 e. The summed E-state index contributed by atoms with van der Waals surface area (Å²) in [5, 5.41) is 9.20. The molecule has 0 radical (unpaired) electrons. The molecule has 26 heavy (non-hydrogen) atoms. The molecule has 2 amide bonds. The fourth-order valence-corrected chi connectivity index (χ4v) is 3.81. The van der Waals surface area contributed by atoms with Crippen LogP contribution < -0.4 is 16.0 Å². The zero-order valence-corrected chi connectivity index (χ0v) is 15.5. The Morgan fingerprint density at radius 1 is 1.15 bits per heavy atom. The van der Waals surface area contributed by atoms with E-state index in [1.807, 2.05) is 6.07 Å².